The highest BCUT2D eigenvalue weighted by molar-refractivity contribution is 5.35. The van der Waals surface area contributed by atoms with Gasteiger partial charge in [0.15, 0.2) is 23.7 Å². The van der Waals surface area contributed by atoms with Crippen molar-refractivity contribution in [3.63, 3.8) is 0 Å². The molecule has 1 aliphatic rings. The van der Waals surface area contributed by atoms with Crippen LogP contribution in [0.25, 0.3) is 0 Å². The topological polar surface area (TPSA) is 46.2 Å². The third-order valence-corrected chi connectivity index (χ3v) is 5.87. The molecule has 0 N–H and O–H groups in total. The fourth-order valence-electron chi connectivity index (χ4n) is 3.86. The van der Waals surface area contributed by atoms with Crippen LogP contribution in [0.3, 0.4) is 0 Å². The van der Waals surface area contributed by atoms with Gasteiger partial charge in [-0.25, -0.2) is 26.3 Å². The van der Waals surface area contributed by atoms with E-state index in [9.17, 15) is 43.9 Å². The average Bonchev–Trinajstić information content (AvgIpc) is 2.91. The van der Waals surface area contributed by atoms with Gasteiger partial charge < -0.3 is 23.7 Å². The molecule has 0 bridgehead atoms. The molecule has 43 heavy (non-hydrogen) atoms. The molecule has 1 heterocycles. The summed E-state index contributed by atoms with van der Waals surface area (Å²) in [6, 6.07) is 2.15. The lowest BCUT2D eigenvalue weighted by molar-refractivity contribution is -0.228. The molecule has 1 saturated heterocycles. The molecule has 4 rings (SSSR count). The Hall–Kier alpha value is -3.82. The smallest absolute Gasteiger partial charge is 0.429 e. The molecule has 3 aromatic rings. The van der Waals surface area contributed by atoms with Crippen LogP contribution in [0.1, 0.15) is 29.9 Å². The summed E-state index contributed by atoms with van der Waals surface area (Å²) in [7, 11) is 0. The quantitative estimate of drug-likeness (QED) is 0.131. The molecule has 1 fully saturated rings. The van der Waals surface area contributed by atoms with Crippen LogP contribution in [0.5, 0.6) is 11.5 Å². The van der Waals surface area contributed by atoms with Gasteiger partial charge in [0, 0.05) is 29.8 Å². The molecule has 0 amide bonds. The number of benzene rings is 3. The van der Waals surface area contributed by atoms with Crippen molar-refractivity contribution in [3.05, 3.63) is 106 Å². The minimum Gasteiger partial charge on any atom is -0.429 e. The van der Waals surface area contributed by atoms with Gasteiger partial charge in [0.1, 0.15) is 40.6 Å². The van der Waals surface area contributed by atoms with E-state index in [1.165, 1.54) is 0 Å². The monoisotopic (exact) mass is 626 g/mol. The molecule has 0 aliphatic carbocycles. The first-order valence-corrected chi connectivity index (χ1v) is 12.3. The fraction of sp³-hybridized carbons (Fsp3) is 0.286. The predicted octanol–water partition coefficient (Wildman–Crippen LogP) is 7.78. The number of ether oxygens (including phenoxy) is 5. The lowest BCUT2D eigenvalue weighted by Gasteiger charge is -2.29. The molecule has 1 aliphatic heterocycles. The van der Waals surface area contributed by atoms with Gasteiger partial charge in [-0.1, -0.05) is 18.2 Å². The minimum absolute atomic E-state index is 0.00983. The van der Waals surface area contributed by atoms with Gasteiger partial charge in [-0.3, -0.25) is 0 Å². The van der Waals surface area contributed by atoms with Crippen LogP contribution in [0.4, 0.5) is 43.9 Å². The van der Waals surface area contributed by atoms with Gasteiger partial charge >= 0.3 is 12.2 Å². The number of rotatable bonds is 10. The standard InChI is InChI=1S/C28H20F10O5/c1-2-3-6-39-17-12-40-26(41-13-17)14-4-5-18(19(29)7-14)27(35,36)42-15-8-20(30)24(21(31)9-15)28(37,38)43-16-10-22(32)25(34)23(33)11-16/h2-5,7-11,17,26H,6,12-13H2,1H3/b3-2+. The second-order valence-electron chi connectivity index (χ2n) is 8.96. The Morgan fingerprint density at radius 1 is 0.744 bits per heavy atom. The summed E-state index contributed by atoms with van der Waals surface area (Å²) in [5.74, 6) is -14.4. The predicted molar refractivity (Wildman–Crippen MR) is 127 cm³/mol. The fourth-order valence-corrected chi connectivity index (χ4v) is 3.86. The van der Waals surface area contributed by atoms with Crippen molar-refractivity contribution in [1.29, 1.82) is 0 Å². The molecule has 0 spiro atoms. The van der Waals surface area contributed by atoms with Crippen molar-refractivity contribution in [3.8, 4) is 11.5 Å². The molecular weight excluding hydrogens is 606 g/mol. The maximum atomic E-state index is 14.8. The highest BCUT2D eigenvalue weighted by atomic mass is 19.3. The highest BCUT2D eigenvalue weighted by Crippen LogP contribution is 2.40. The number of halogens is 10. The second-order valence-corrected chi connectivity index (χ2v) is 8.96. The molecular formula is C28H20F10O5. The minimum atomic E-state index is -4.96. The Labute approximate surface area is 237 Å². The number of alkyl halides is 4. The van der Waals surface area contributed by atoms with Gasteiger partial charge in [0.05, 0.1) is 25.4 Å². The van der Waals surface area contributed by atoms with Crippen molar-refractivity contribution in [1.82, 2.24) is 0 Å². The summed E-state index contributed by atoms with van der Waals surface area (Å²) in [5, 5.41) is 0. The Morgan fingerprint density at radius 2 is 1.28 bits per heavy atom. The van der Waals surface area contributed by atoms with Gasteiger partial charge in [-0.2, -0.15) is 17.6 Å². The van der Waals surface area contributed by atoms with Crippen molar-refractivity contribution < 1.29 is 67.6 Å². The van der Waals surface area contributed by atoms with E-state index in [4.69, 9.17) is 14.2 Å². The highest BCUT2D eigenvalue weighted by Gasteiger charge is 2.43. The van der Waals surface area contributed by atoms with Crippen molar-refractivity contribution in [2.45, 2.75) is 31.5 Å². The average molecular weight is 626 g/mol. The van der Waals surface area contributed by atoms with Crippen LogP contribution < -0.4 is 9.47 Å². The third-order valence-electron chi connectivity index (χ3n) is 5.87. The Kier molecular flexibility index (Phi) is 9.57. The number of hydrogen-bond donors (Lipinski definition) is 0. The zero-order chi connectivity index (χ0) is 31.5. The van der Waals surface area contributed by atoms with E-state index in [0.717, 1.165) is 6.07 Å². The molecule has 3 aromatic carbocycles. The molecule has 0 aromatic heterocycles. The molecule has 232 valence electrons. The first-order chi connectivity index (χ1) is 20.2. The van der Waals surface area contributed by atoms with E-state index in [0.29, 0.717) is 18.7 Å². The summed E-state index contributed by atoms with van der Waals surface area (Å²) in [4.78, 5) is 0. The van der Waals surface area contributed by atoms with Crippen LogP contribution in [-0.4, -0.2) is 25.9 Å². The summed E-state index contributed by atoms with van der Waals surface area (Å²) in [6.07, 6.45) is -7.52. The van der Waals surface area contributed by atoms with Crippen molar-refractivity contribution in [2.24, 2.45) is 0 Å². The number of allylic oxidation sites excluding steroid dienone is 1. The first kappa shape index (κ1) is 32.1. The van der Waals surface area contributed by atoms with E-state index in [1.54, 1.807) is 19.1 Å². The van der Waals surface area contributed by atoms with E-state index in [2.05, 4.69) is 9.47 Å². The van der Waals surface area contributed by atoms with E-state index < -0.39 is 82.1 Å². The van der Waals surface area contributed by atoms with Crippen LogP contribution >= 0.6 is 0 Å². The zero-order valence-corrected chi connectivity index (χ0v) is 21.8. The zero-order valence-electron chi connectivity index (χ0n) is 21.8. The van der Waals surface area contributed by atoms with E-state index in [-0.39, 0.29) is 43.0 Å². The third kappa shape index (κ3) is 7.40. The number of hydrogen-bond acceptors (Lipinski definition) is 5. The van der Waals surface area contributed by atoms with Crippen molar-refractivity contribution in [2.75, 3.05) is 19.8 Å². The van der Waals surface area contributed by atoms with Crippen LogP contribution in [0, 0.1) is 34.9 Å². The largest absolute Gasteiger partial charge is 0.432 e. The van der Waals surface area contributed by atoms with Crippen molar-refractivity contribution >= 4 is 0 Å². The molecule has 0 atom stereocenters. The summed E-state index contributed by atoms with van der Waals surface area (Å²) in [6.45, 7) is 2.25. The van der Waals surface area contributed by atoms with E-state index in [1.807, 2.05) is 0 Å². The van der Waals surface area contributed by atoms with Crippen LogP contribution in [0.15, 0.2) is 54.6 Å². The maximum Gasteiger partial charge on any atom is 0.432 e. The lowest BCUT2D eigenvalue weighted by atomic mass is 10.1. The summed E-state index contributed by atoms with van der Waals surface area (Å²) in [5.41, 5.74) is -3.50. The molecule has 0 radical (unpaired) electrons. The molecule has 0 unspecified atom stereocenters. The van der Waals surface area contributed by atoms with Gasteiger partial charge in [0.2, 0.25) is 0 Å². The van der Waals surface area contributed by atoms with Gasteiger partial charge in [-0.05, 0) is 19.1 Å². The Morgan fingerprint density at radius 3 is 1.81 bits per heavy atom. The normalized spacial score (nSPS) is 17.8. The van der Waals surface area contributed by atoms with E-state index >= 15 is 0 Å². The maximum absolute atomic E-state index is 14.8. The Bertz CT molecular complexity index is 1440. The summed E-state index contributed by atoms with van der Waals surface area (Å²) < 4.78 is 167. The van der Waals surface area contributed by atoms with Crippen LogP contribution in [-0.2, 0) is 26.4 Å². The van der Waals surface area contributed by atoms with Crippen LogP contribution in [0.2, 0.25) is 0 Å². The molecule has 15 heteroatoms. The molecule has 5 nitrogen and oxygen atoms in total. The molecule has 0 saturated carbocycles. The lowest BCUT2D eigenvalue weighted by Crippen LogP contribution is -2.33. The Balaban J connectivity index is 1.48. The SMILES string of the molecule is C/C=C/COC1COC(c2ccc(C(F)(F)Oc3cc(F)c(C(F)(F)Oc4cc(F)c(F)c(F)c4)c(F)c3)c(F)c2)OC1. The van der Waals surface area contributed by atoms with Gasteiger partial charge in [-0.15, -0.1) is 0 Å². The summed E-state index contributed by atoms with van der Waals surface area (Å²) >= 11 is 0. The second kappa shape index (κ2) is 12.8. The first-order valence-electron chi connectivity index (χ1n) is 12.3. The van der Waals surface area contributed by atoms with Gasteiger partial charge in [0.25, 0.3) is 0 Å².